The van der Waals surface area contributed by atoms with E-state index < -0.39 is 5.91 Å². The van der Waals surface area contributed by atoms with Crippen molar-refractivity contribution in [2.75, 3.05) is 5.32 Å². The number of carbonyl (C=O) groups is 1. The first-order valence-corrected chi connectivity index (χ1v) is 8.29. The van der Waals surface area contributed by atoms with Crippen LogP contribution < -0.4 is 15.8 Å². The van der Waals surface area contributed by atoms with Gasteiger partial charge in [0.2, 0.25) is 5.95 Å². The fraction of sp³-hybridized carbons (Fsp3) is 0.150. The molecular formula is C20H20N4O2. The molecule has 1 aromatic heterocycles. The number of primary amides is 1. The summed E-state index contributed by atoms with van der Waals surface area (Å²) in [6, 6.07) is 16.7. The van der Waals surface area contributed by atoms with E-state index in [1.807, 2.05) is 50.2 Å². The van der Waals surface area contributed by atoms with Crippen molar-refractivity contribution >= 4 is 17.5 Å². The first kappa shape index (κ1) is 17.4. The number of nitrogens with two attached hydrogens (primary N) is 1. The Morgan fingerprint density at radius 2 is 1.88 bits per heavy atom. The molecule has 6 nitrogen and oxygen atoms in total. The van der Waals surface area contributed by atoms with Crippen LogP contribution in [0.15, 0.2) is 60.8 Å². The molecule has 3 N–H and O–H groups in total. The van der Waals surface area contributed by atoms with Gasteiger partial charge < -0.3 is 15.8 Å². The molecule has 26 heavy (non-hydrogen) atoms. The minimum absolute atomic E-state index is 0.0559. The molecule has 3 rings (SSSR count). The lowest BCUT2D eigenvalue weighted by Crippen LogP contribution is -2.15. The SMILES string of the molecule is CC(C)Oc1ccc(-c2ccnc(Nc3ccccc3)n2)cc1C(N)=O. The Morgan fingerprint density at radius 3 is 2.58 bits per heavy atom. The number of hydrogen-bond donors (Lipinski definition) is 2. The van der Waals surface area contributed by atoms with Crippen LogP contribution in [0.25, 0.3) is 11.3 Å². The lowest BCUT2D eigenvalue weighted by molar-refractivity contribution is 0.0994. The van der Waals surface area contributed by atoms with Crippen LogP contribution in [0, 0.1) is 0 Å². The van der Waals surface area contributed by atoms with E-state index in [0.29, 0.717) is 23.0 Å². The van der Waals surface area contributed by atoms with Gasteiger partial charge in [0.25, 0.3) is 5.91 Å². The Labute approximate surface area is 152 Å². The predicted octanol–water partition coefficient (Wildman–Crippen LogP) is 3.77. The van der Waals surface area contributed by atoms with Gasteiger partial charge in [0.05, 0.1) is 17.4 Å². The van der Waals surface area contributed by atoms with E-state index in [1.54, 1.807) is 24.4 Å². The summed E-state index contributed by atoms with van der Waals surface area (Å²) in [7, 11) is 0. The topological polar surface area (TPSA) is 90.1 Å². The highest BCUT2D eigenvalue weighted by molar-refractivity contribution is 5.97. The van der Waals surface area contributed by atoms with Crippen LogP contribution in [0.1, 0.15) is 24.2 Å². The maximum atomic E-state index is 11.8. The number of ether oxygens (including phenoxy) is 1. The quantitative estimate of drug-likeness (QED) is 0.707. The molecule has 0 spiro atoms. The van der Waals surface area contributed by atoms with Crippen molar-refractivity contribution in [3.05, 3.63) is 66.4 Å². The molecule has 0 bridgehead atoms. The zero-order valence-electron chi connectivity index (χ0n) is 14.6. The van der Waals surface area contributed by atoms with Crippen LogP contribution >= 0.6 is 0 Å². The van der Waals surface area contributed by atoms with E-state index in [0.717, 1.165) is 11.3 Å². The van der Waals surface area contributed by atoms with Gasteiger partial charge in [-0.05, 0) is 50.2 Å². The van der Waals surface area contributed by atoms with Gasteiger partial charge >= 0.3 is 0 Å². The molecule has 0 saturated carbocycles. The zero-order chi connectivity index (χ0) is 18.5. The maximum Gasteiger partial charge on any atom is 0.252 e. The molecule has 132 valence electrons. The second-order valence-electron chi connectivity index (χ2n) is 6.00. The Kier molecular flexibility index (Phi) is 5.12. The monoisotopic (exact) mass is 348 g/mol. The standard InChI is InChI=1S/C20H20N4O2/c1-13(2)26-18-9-8-14(12-16(18)19(21)25)17-10-11-22-20(24-17)23-15-6-4-3-5-7-15/h3-13H,1-2H3,(H2,21,25)(H,22,23,24). The van der Waals surface area contributed by atoms with Gasteiger partial charge in [0.15, 0.2) is 0 Å². The minimum Gasteiger partial charge on any atom is -0.490 e. The summed E-state index contributed by atoms with van der Waals surface area (Å²) in [5, 5.41) is 3.15. The van der Waals surface area contributed by atoms with Gasteiger partial charge in [-0.2, -0.15) is 0 Å². The highest BCUT2D eigenvalue weighted by Crippen LogP contribution is 2.27. The van der Waals surface area contributed by atoms with Crippen LogP contribution in [0.5, 0.6) is 5.75 Å². The molecule has 6 heteroatoms. The van der Waals surface area contributed by atoms with Crippen LogP contribution in [-0.2, 0) is 0 Å². The van der Waals surface area contributed by atoms with Gasteiger partial charge in [-0.3, -0.25) is 4.79 Å². The summed E-state index contributed by atoms with van der Waals surface area (Å²) in [6.07, 6.45) is 1.61. The lowest BCUT2D eigenvalue weighted by atomic mass is 10.1. The molecule has 0 aliphatic rings. The fourth-order valence-corrected chi connectivity index (χ4v) is 2.47. The summed E-state index contributed by atoms with van der Waals surface area (Å²) in [4.78, 5) is 20.5. The van der Waals surface area contributed by atoms with Crippen molar-refractivity contribution in [1.29, 1.82) is 0 Å². The highest BCUT2D eigenvalue weighted by atomic mass is 16.5. The number of benzene rings is 2. The minimum atomic E-state index is -0.542. The van der Waals surface area contributed by atoms with E-state index >= 15 is 0 Å². The molecule has 0 fully saturated rings. The molecule has 0 radical (unpaired) electrons. The summed E-state index contributed by atoms with van der Waals surface area (Å²) >= 11 is 0. The van der Waals surface area contributed by atoms with Crippen molar-refractivity contribution in [2.24, 2.45) is 5.73 Å². The van der Waals surface area contributed by atoms with Crippen LogP contribution in [-0.4, -0.2) is 22.0 Å². The number of hydrogen-bond acceptors (Lipinski definition) is 5. The maximum absolute atomic E-state index is 11.8. The normalized spacial score (nSPS) is 10.6. The average molecular weight is 348 g/mol. The molecule has 1 amide bonds. The zero-order valence-corrected chi connectivity index (χ0v) is 14.6. The number of aromatic nitrogens is 2. The molecule has 3 aromatic rings. The van der Waals surface area contributed by atoms with E-state index in [1.165, 1.54) is 0 Å². The molecular weight excluding hydrogens is 328 g/mol. The summed E-state index contributed by atoms with van der Waals surface area (Å²) in [5.74, 6) is 0.393. The molecule has 0 atom stereocenters. The van der Waals surface area contributed by atoms with Crippen LogP contribution in [0.4, 0.5) is 11.6 Å². The average Bonchev–Trinajstić information content (AvgIpc) is 2.62. The smallest absolute Gasteiger partial charge is 0.252 e. The molecule has 2 aromatic carbocycles. The van der Waals surface area contributed by atoms with Gasteiger partial charge in [0, 0.05) is 17.4 Å². The van der Waals surface area contributed by atoms with E-state index in [4.69, 9.17) is 10.5 Å². The van der Waals surface area contributed by atoms with Crippen molar-refractivity contribution < 1.29 is 9.53 Å². The van der Waals surface area contributed by atoms with Crippen molar-refractivity contribution in [3.8, 4) is 17.0 Å². The first-order chi connectivity index (χ1) is 12.5. The Bertz CT molecular complexity index is 911. The molecule has 0 saturated heterocycles. The third-order valence-electron chi connectivity index (χ3n) is 3.59. The fourth-order valence-electron chi connectivity index (χ4n) is 2.47. The summed E-state index contributed by atoms with van der Waals surface area (Å²) in [6.45, 7) is 3.79. The number of nitrogens with zero attached hydrogens (tertiary/aromatic N) is 2. The van der Waals surface area contributed by atoms with Crippen LogP contribution in [0.3, 0.4) is 0 Å². The molecule has 0 unspecified atom stereocenters. The molecule has 0 aliphatic carbocycles. The Hall–Kier alpha value is -3.41. The second-order valence-corrected chi connectivity index (χ2v) is 6.00. The molecule has 1 heterocycles. The van der Waals surface area contributed by atoms with Gasteiger partial charge in [-0.1, -0.05) is 18.2 Å². The summed E-state index contributed by atoms with van der Waals surface area (Å²) in [5.41, 5.74) is 8.16. The van der Waals surface area contributed by atoms with Gasteiger partial charge in [-0.25, -0.2) is 9.97 Å². The molecule has 0 aliphatic heterocycles. The third kappa shape index (κ3) is 4.16. The lowest BCUT2D eigenvalue weighted by Gasteiger charge is -2.14. The summed E-state index contributed by atoms with van der Waals surface area (Å²) < 4.78 is 5.65. The number of anilines is 2. The van der Waals surface area contributed by atoms with E-state index in [9.17, 15) is 4.79 Å². The van der Waals surface area contributed by atoms with Crippen molar-refractivity contribution in [3.63, 3.8) is 0 Å². The number of amides is 1. The van der Waals surface area contributed by atoms with Crippen molar-refractivity contribution in [1.82, 2.24) is 9.97 Å². The van der Waals surface area contributed by atoms with Gasteiger partial charge in [-0.15, -0.1) is 0 Å². The Morgan fingerprint density at radius 1 is 1.12 bits per heavy atom. The number of nitrogens with one attached hydrogen (secondary N) is 1. The Balaban J connectivity index is 1.92. The first-order valence-electron chi connectivity index (χ1n) is 8.29. The number of para-hydroxylation sites is 1. The van der Waals surface area contributed by atoms with Crippen LogP contribution in [0.2, 0.25) is 0 Å². The van der Waals surface area contributed by atoms with E-state index in [2.05, 4.69) is 15.3 Å². The second kappa shape index (κ2) is 7.65. The number of rotatable bonds is 6. The third-order valence-corrected chi connectivity index (χ3v) is 3.59. The van der Waals surface area contributed by atoms with Crippen molar-refractivity contribution in [2.45, 2.75) is 20.0 Å². The number of carbonyl (C=O) groups excluding carboxylic acids is 1. The largest absolute Gasteiger partial charge is 0.490 e. The van der Waals surface area contributed by atoms with E-state index in [-0.39, 0.29) is 6.10 Å². The van der Waals surface area contributed by atoms with Gasteiger partial charge in [0.1, 0.15) is 5.75 Å². The highest BCUT2D eigenvalue weighted by Gasteiger charge is 2.13. The predicted molar refractivity (Wildman–Crippen MR) is 101 cm³/mol.